The van der Waals surface area contributed by atoms with Crippen molar-refractivity contribution < 1.29 is 0 Å². The first-order chi connectivity index (χ1) is 25.4. The third kappa shape index (κ3) is 5.14. The van der Waals surface area contributed by atoms with Crippen LogP contribution in [0.25, 0.3) is 0 Å². The van der Waals surface area contributed by atoms with Gasteiger partial charge in [-0.1, -0.05) is 85.4 Å². The maximum Gasteiger partial charge on any atom is 0.0988 e. The van der Waals surface area contributed by atoms with Gasteiger partial charge in [-0.2, -0.15) is 15.8 Å². The van der Waals surface area contributed by atoms with Crippen LogP contribution in [0, 0.1) is 74.9 Å². The van der Waals surface area contributed by atoms with E-state index in [-0.39, 0.29) is 23.3 Å². The van der Waals surface area contributed by atoms with Gasteiger partial charge in [0.1, 0.15) is 0 Å². The number of nitrogens with zero attached hydrogens (tertiary/aromatic N) is 5. The van der Waals surface area contributed by atoms with Gasteiger partial charge in [-0.05, 0) is 111 Å². The minimum absolute atomic E-state index is 0.0500. The number of hydrogen-bond donors (Lipinski definition) is 0. The first-order valence-corrected chi connectivity index (χ1v) is 19.6. The van der Waals surface area contributed by atoms with Gasteiger partial charge >= 0.3 is 0 Å². The molecule has 2 saturated heterocycles. The molecular formula is C47H47N5. The molecule has 0 spiro atoms. The molecule has 5 heteroatoms. The van der Waals surface area contributed by atoms with Crippen LogP contribution in [0.5, 0.6) is 0 Å². The summed E-state index contributed by atoms with van der Waals surface area (Å²) in [6, 6.07) is 8.30. The quantitative estimate of drug-likeness (QED) is 0.276. The largest absolute Gasteiger partial charge is 0.363 e. The molecule has 52 heavy (non-hydrogen) atoms. The van der Waals surface area contributed by atoms with Crippen molar-refractivity contribution in [3.8, 4) is 18.2 Å². The summed E-state index contributed by atoms with van der Waals surface area (Å²) in [5, 5.41) is 30.0. The second kappa shape index (κ2) is 12.9. The Kier molecular flexibility index (Phi) is 8.12. The molecule has 5 nitrogen and oxygen atoms in total. The highest BCUT2D eigenvalue weighted by Crippen LogP contribution is 2.58. The molecule has 260 valence electrons. The molecular weight excluding hydrogens is 635 g/mol. The van der Waals surface area contributed by atoms with Gasteiger partial charge in [0.15, 0.2) is 0 Å². The van der Waals surface area contributed by atoms with E-state index in [2.05, 4.69) is 133 Å². The van der Waals surface area contributed by atoms with Gasteiger partial charge in [0.2, 0.25) is 0 Å². The molecule has 0 bridgehead atoms. The van der Waals surface area contributed by atoms with E-state index in [1.54, 1.807) is 5.57 Å². The lowest BCUT2D eigenvalue weighted by Crippen LogP contribution is -2.40. The molecule has 0 aromatic carbocycles. The standard InChI is InChI=1S/C47H47N5/c1-30-21-35(33-18-19-44-40(25-33)39-12-4-6-16-43(39)52(44)42-15-5-3-10-34(42)29-50)24-36(22-30)38-13-8-14-41-46(38)51(37-11-7-9-31(23-37)27-48)45-20-17-32(28-49)26-47(41,45)2/h3-7,11-12,14-17,20,22-23,25-26,30-31,34-35,39-40,43-45H,8-10,13,18-19,21,24H2,1-2H3. The molecule has 10 unspecified atom stereocenters. The van der Waals surface area contributed by atoms with Crippen LogP contribution >= 0.6 is 0 Å². The average molecular weight is 682 g/mol. The lowest BCUT2D eigenvalue weighted by atomic mass is 9.69. The summed E-state index contributed by atoms with van der Waals surface area (Å²) in [6.45, 7) is 4.70. The second-order valence-electron chi connectivity index (χ2n) is 16.5. The van der Waals surface area contributed by atoms with E-state index in [0.717, 1.165) is 56.2 Å². The number of rotatable bonds is 4. The summed E-state index contributed by atoms with van der Waals surface area (Å²) < 4.78 is 0. The van der Waals surface area contributed by atoms with Crippen LogP contribution in [0.15, 0.2) is 142 Å². The fraction of sp³-hybridized carbons (Fsp3) is 0.426. The van der Waals surface area contributed by atoms with Gasteiger partial charge in [0.25, 0.3) is 0 Å². The van der Waals surface area contributed by atoms with E-state index in [1.165, 1.54) is 34.5 Å². The van der Waals surface area contributed by atoms with Gasteiger partial charge in [-0.25, -0.2) is 0 Å². The maximum atomic E-state index is 10.1. The van der Waals surface area contributed by atoms with Gasteiger partial charge in [0, 0.05) is 46.0 Å². The van der Waals surface area contributed by atoms with Crippen LogP contribution in [0.3, 0.4) is 0 Å². The molecule has 2 fully saturated rings. The zero-order chi connectivity index (χ0) is 35.6. The smallest absolute Gasteiger partial charge is 0.0988 e. The Bertz CT molecular complexity index is 2080. The molecule has 2 aliphatic heterocycles. The van der Waals surface area contributed by atoms with Crippen LogP contribution in [0.4, 0.5) is 0 Å². The predicted octanol–water partition coefficient (Wildman–Crippen LogP) is 9.74. The Hall–Kier alpha value is -5.05. The Morgan fingerprint density at radius 1 is 0.904 bits per heavy atom. The Morgan fingerprint density at radius 2 is 1.79 bits per heavy atom. The van der Waals surface area contributed by atoms with Gasteiger partial charge in [-0.15, -0.1) is 0 Å². The van der Waals surface area contributed by atoms with E-state index in [9.17, 15) is 15.8 Å². The third-order valence-corrected chi connectivity index (χ3v) is 13.5. The molecule has 0 radical (unpaired) electrons. The average Bonchev–Trinajstić information content (AvgIpc) is 3.66. The molecule has 10 atom stereocenters. The first-order valence-electron chi connectivity index (χ1n) is 19.6. The summed E-state index contributed by atoms with van der Waals surface area (Å²) in [6.07, 6.45) is 44.4. The number of allylic oxidation sites excluding steroid dienone is 17. The zero-order valence-electron chi connectivity index (χ0n) is 30.3. The Morgan fingerprint density at radius 3 is 2.63 bits per heavy atom. The predicted molar refractivity (Wildman–Crippen MR) is 205 cm³/mol. The monoisotopic (exact) mass is 681 g/mol. The van der Waals surface area contributed by atoms with E-state index in [1.807, 2.05) is 6.08 Å². The van der Waals surface area contributed by atoms with Crippen LogP contribution in [0.2, 0.25) is 0 Å². The SMILES string of the molecule is CC1C=C(C2=C3C(=CCC2)C2(C)C=C(C#N)C=CC2N3C2=CC(C#N)CC=C2)CC(C2=CC3C4C=CC=CC4N(C4=CC=CCC4C#N)C3CC2)C1. The molecule has 0 aromatic heterocycles. The molecule has 9 aliphatic rings. The first kappa shape index (κ1) is 32.8. The van der Waals surface area contributed by atoms with E-state index in [0.29, 0.717) is 35.8 Å². The highest BCUT2D eigenvalue weighted by molar-refractivity contribution is 5.62. The Balaban J connectivity index is 1.08. The van der Waals surface area contributed by atoms with Gasteiger partial charge in [-0.3, -0.25) is 0 Å². The molecule has 0 N–H and O–H groups in total. The number of fused-ring (bicyclic) bond motifs is 6. The minimum Gasteiger partial charge on any atom is -0.363 e. The number of likely N-dealkylation sites (tertiary alicyclic amines) is 2. The fourth-order valence-corrected chi connectivity index (χ4v) is 11.3. The van der Waals surface area contributed by atoms with Gasteiger partial charge in [0.05, 0.1) is 42.1 Å². The van der Waals surface area contributed by atoms with Crippen molar-refractivity contribution in [3.05, 3.63) is 142 Å². The Labute approximate surface area is 309 Å². The molecule has 0 aromatic rings. The highest BCUT2D eigenvalue weighted by atomic mass is 15.2. The molecule has 0 saturated carbocycles. The van der Waals surface area contributed by atoms with Crippen LogP contribution in [-0.4, -0.2) is 27.9 Å². The van der Waals surface area contributed by atoms with Crippen molar-refractivity contribution in [2.75, 3.05) is 0 Å². The minimum atomic E-state index is -0.322. The summed E-state index contributed by atoms with van der Waals surface area (Å²) in [7, 11) is 0. The van der Waals surface area contributed by atoms with Crippen LogP contribution < -0.4 is 0 Å². The normalized spacial score (nSPS) is 38.3. The molecule has 2 heterocycles. The lowest BCUT2D eigenvalue weighted by molar-refractivity contribution is 0.226. The summed E-state index contributed by atoms with van der Waals surface area (Å²) >= 11 is 0. The third-order valence-electron chi connectivity index (χ3n) is 13.5. The van der Waals surface area contributed by atoms with E-state index in [4.69, 9.17) is 0 Å². The highest BCUT2D eigenvalue weighted by Gasteiger charge is 2.53. The van der Waals surface area contributed by atoms with Crippen LogP contribution in [0.1, 0.15) is 65.2 Å². The molecule has 9 rings (SSSR count). The summed E-state index contributed by atoms with van der Waals surface area (Å²) in [5.74, 6) is 1.64. The topological polar surface area (TPSA) is 77.8 Å². The zero-order valence-corrected chi connectivity index (χ0v) is 30.3. The maximum absolute atomic E-state index is 10.1. The molecule has 0 amide bonds. The molecule has 7 aliphatic carbocycles. The van der Waals surface area contributed by atoms with Crippen molar-refractivity contribution in [2.45, 2.75) is 83.3 Å². The van der Waals surface area contributed by atoms with Crippen molar-refractivity contribution in [3.63, 3.8) is 0 Å². The number of hydrogen-bond acceptors (Lipinski definition) is 5. The summed E-state index contributed by atoms with van der Waals surface area (Å²) in [4.78, 5) is 5.15. The van der Waals surface area contributed by atoms with Crippen LogP contribution in [-0.2, 0) is 0 Å². The summed E-state index contributed by atoms with van der Waals surface area (Å²) in [5.41, 5.74) is 9.93. The van der Waals surface area contributed by atoms with E-state index >= 15 is 0 Å². The van der Waals surface area contributed by atoms with Gasteiger partial charge < -0.3 is 9.80 Å². The lowest BCUT2D eigenvalue weighted by Gasteiger charge is -2.40. The van der Waals surface area contributed by atoms with Crippen molar-refractivity contribution in [2.24, 2.45) is 40.9 Å². The number of nitriles is 3. The van der Waals surface area contributed by atoms with Crippen molar-refractivity contribution >= 4 is 0 Å². The van der Waals surface area contributed by atoms with Crippen molar-refractivity contribution in [1.82, 2.24) is 9.80 Å². The fourth-order valence-electron chi connectivity index (χ4n) is 11.3. The second-order valence-corrected chi connectivity index (χ2v) is 16.5. The van der Waals surface area contributed by atoms with E-state index < -0.39 is 0 Å². The van der Waals surface area contributed by atoms with Crippen molar-refractivity contribution in [1.29, 1.82) is 15.8 Å².